The molecule has 1 rings (SSSR count). The summed E-state index contributed by atoms with van der Waals surface area (Å²) in [5.74, 6) is -1.68. The van der Waals surface area contributed by atoms with Crippen LogP contribution in [0.25, 0.3) is 0 Å². The van der Waals surface area contributed by atoms with Gasteiger partial charge in [0.15, 0.2) is 8.32 Å². The van der Waals surface area contributed by atoms with Gasteiger partial charge in [-0.15, -0.1) is 0 Å². The third-order valence-corrected chi connectivity index (χ3v) is 8.98. The van der Waals surface area contributed by atoms with E-state index in [1.807, 2.05) is 33.9 Å². The van der Waals surface area contributed by atoms with Crippen molar-refractivity contribution < 1.29 is 23.3 Å². The molecule has 1 aromatic rings. The molecule has 0 heterocycles. The first-order chi connectivity index (χ1) is 11.3. The number of nitrogens with zero attached hydrogens (tertiary/aromatic N) is 1. The predicted octanol–water partition coefficient (Wildman–Crippen LogP) is 3.30. The fraction of sp³-hybridized carbons (Fsp3) is 0.562. The lowest BCUT2D eigenvalue weighted by Crippen LogP contribution is -2.48. The minimum Gasteiger partial charge on any atom is -0.468 e. The summed E-state index contributed by atoms with van der Waals surface area (Å²) >= 11 is 0. The number of nitro benzene ring substituents is 1. The zero-order valence-corrected chi connectivity index (χ0v) is 16.3. The Morgan fingerprint density at radius 2 is 1.92 bits per heavy atom. The Hall–Kier alpha value is -1.84. The third kappa shape index (κ3) is 4.83. The molecule has 0 spiro atoms. The minimum atomic E-state index is -2.38. The molecule has 140 valence electrons. The van der Waals surface area contributed by atoms with E-state index in [2.05, 4.69) is 4.74 Å². The number of nitro groups is 1. The molecule has 0 saturated heterocycles. The minimum absolute atomic E-state index is 0.187. The molecule has 0 radical (unpaired) electrons. The maximum Gasteiger partial charge on any atom is 0.325 e. The maximum absolute atomic E-state index is 13.6. The quantitative estimate of drug-likeness (QED) is 0.355. The third-order valence-electron chi connectivity index (χ3n) is 4.52. The van der Waals surface area contributed by atoms with Gasteiger partial charge in [0, 0.05) is 6.07 Å². The highest BCUT2D eigenvalue weighted by atomic mass is 28.4. The van der Waals surface area contributed by atoms with Gasteiger partial charge >= 0.3 is 11.7 Å². The standard InChI is InChI=1S/C16H25FN2O5Si/c1-16(2,3)25(5,6)24-14(13(18)15(20)23-4)10-7-8-11(17)12(9-10)19(21)22/h7-9,13-14H,18H2,1-6H3/t13-,14+/m0/s1. The van der Waals surface area contributed by atoms with Crippen LogP contribution in [0.15, 0.2) is 18.2 Å². The molecule has 0 saturated carbocycles. The first kappa shape index (κ1) is 21.2. The van der Waals surface area contributed by atoms with Crippen molar-refractivity contribution in [1.29, 1.82) is 0 Å². The van der Waals surface area contributed by atoms with E-state index in [1.54, 1.807) is 0 Å². The first-order valence-electron chi connectivity index (χ1n) is 7.77. The summed E-state index contributed by atoms with van der Waals surface area (Å²) in [6.45, 7) is 9.94. The Morgan fingerprint density at radius 3 is 2.36 bits per heavy atom. The summed E-state index contributed by atoms with van der Waals surface area (Å²) in [4.78, 5) is 22.1. The number of hydrogen-bond acceptors (Lipinski definition) is 6. The van der Waals surface area contributed by atoms with Gasteiger partial charge in [-0.1, -0.05) is 26.8 Å². The average Bonchev–Trinajstić information content (AvgIpc) is 2.50. The summed E-state index contributed by atoms with van der Waals surface area (Å²) in [7, 11) is -1.19. The SMILES string of the molecule is COC(=O)[C@@H](N)[C@H](O[Si](C)(C)C(C)(C)C)c1ccc(F)c([N+](=O)[O-])c1. The zero-order valence-electron chi connectivity index (χ0n) is 15.3. The second-order valence-corrected chi connectivity index (χ2v) is 12.1. The van der Waals surface area contributed by atoms with Crippen LogP contribution in [-0.4, -0.2) is 32.4 Å². The number of rotatable bonds is 6. The molecule has 0 unspecified atom stereocenters. The molecular weight excluding hydrogens is 347 g/mol. The van der Waals surface area contributed by atoms with Crippen LogP contribution in [0.3, 0.4) is 0 Å². The van der Waals surface area contributed by atoms with Crippen LogP contribution < -0.4 is 5.73 Å². The number of carbonyl (C=O) groups excluding carboxylic acids is 1. The van der Waals surface area contributed by atoms with Crippen LogP contribution in [0.1, 0.15) is 32.4 Å². The second-order valence-electron chi connectivity index (χ2n) is 7.32. The van der Waals surface area contributed by atoms with Gasteiger partial charge in [0.25, 0.3) is 0 Å². The van der Waals surface area contributed by atoms with Crippen molar-refractivity contribution in [3.05, 3.63) is 39.7 Å². The second kappa shape index (κ2) is 7.59. The predicted molar refractivity (Wildman–Crippen MR) is 94.1 cm³/mol. The lowest BCUT2D eigenvalue weighted by atomic mass is 10.0. The Bertz CT molecular complexity index is 660. The van der Waals surface area contributed by atoms with E-state index in [0.29, 0.717) is 0 Å². The van der Waals surface area contributed by atoms with Gasteiger partial charge < -0.3 is 14.9 Å². The van der Waals surface area contributed by atoms with Crippen LogP contribution in [0.2, 0.25) is 18.1 Å². The topological polar surface area (TPSA) is 105 Å². The largest absolute Gasteiger partial charge is 0.468 e. The first-order valence-corrected chi connectivity index (χ1v) is 10.7. The molecule has 0 amide bonds. The van der Waals surface area contributed by atoms with Crippen molar-refractivity contribution in [2.75, 3.05) is 7.11 Å². The monoisotopic (exact) mass is 372 g/mol. The van der Waals surface area contributed by atoms with Crippen molar-refractivity contribution in [2.24, 2.45) is 5.73 Å². The van der Waals surface area contributed by atoms with Gasteiger partial charge in [-0.3, -0.25) is 14.9 Å². The fourth-order valence-electron chi connectivity index (χ4n) is 1.95. The van der Waals surface area contributed by atoms with E-state index < -0.39 is 42.9 Å². The van der Waals surface area contributed by atoms with Crippen molar-refractivity contribution >= 4 is 20.0 Å². The van der Waals surface area contributed by atoms with E-state index in [4.69, 9.17) is 10.2 Å². The molecule has 0 aliphatic carbocycles. The highest BCUT2D eigenvalue weighted by Crippen LogP contribution is 2.41. The lowest BCUT2D eigenvalue weighted by Gasteiger charge is -2.40. The molecule has 7 nitrogen and oxygen atoms in total. The van der Waals surface area contributed by atoms with Gasteiger partial charge in [-0.25, -0.2) is 0 Å². The summed E-state index contributed by atoms with van der Waals surface area (Å²) < 4.78 is 24.5. The van der Waals surface area contributed by atoms with Crippen LogP contribution in [0.5, 0.6) is 0 Å². The lowest BCUT2D eigenvalue weighted by molar-refractivity contribution is -0.387. The normalized spacial score (nSPS) is 14.7. The number of benzene rings is 1. The van der Waals surface area contributed by atoms with Crippen molar-refractivity contribution in [3.8, 4) is 0 Å². The molecule has 2 atom stereocenters. The van der Waals surface area contributed by atoms with E-state index in [9.17, 15) is 19.3 Å². The van der Waals surface area contributed by atoms with Crippen LogP contribution in [-0.2, 0) is 14.0 Å². The van der Waals surface area contributed by atoms with E-state index in [-0.39, 0.29) is 10.6 Å². The fourth-order valence-corrected chi connectivity index (χ4v) is 3.22. The number of methoxy groups -OCH3 is 1. The van der Waals surface area contributed by atoms with Gasteiger partial charge in [-0.05, 0) is 29.8 Å². The molecule has 25 heavy (non-hydrogen) atoms. The molecule has 9 heteroatoms. The summed E-state index contributed by atoms with van der Waals surface area (Å²) in [6.07, 6.45) is -0.979. The number of ether oxygens (including phenoxy) is 1. The van der Waals surface area contributed by atoms with Crippen LogP contribution >= 0.6 is 0 Å². The average molecular weight is 372 g/mol. The highest BCUT2D eigenvalue weighted by Gasteiger charge is 2.42. The Balaban J connectivity index is 3.40. The van der Waals surface area contributed by atoms with Crippen molar-refractivity contribution in [2.45, 2.75) is 51.0 Å². The number of carbonyl (C=O) groups is 1. The highest BCUT2D eigenvalue weighted by molar-refractivity contribution is 6.74. The molecule has 0 aliphatic rings. The van der Waals surface area contributed by atoms with Gasteiger partial charge in [0.1, 0.15) is 6.04 Å². The van der Waals surface area contributed by atoms with Crippen molar-refractivity contribution in [1.82, 2.24) is 0 Å². The van der Waals surface area contributed by atoms with Crippen LogP contribution in [0, 0.1) is 15.9 Å². The van der Waals surface area contributed by atoms with Gasteiger partial charge in [0.2, 0.25) is 5.82 Å². The number of hydrogen-bond donors (Lipinski definition) is 1. The van der Waals surface area contributed by atoms with E-state index in [0.717, 1.165) is 12.1 Å². The molecule has 2 N–H and O–H groups in total. The molecule has 0 fully saturated rings. The summed E-state index contributed by atoms with van der Waals surface area (Å²) in [6, 6.07) is 2.17. The molecule has 0 aliphatic heterocycles. The van der Waals surface area contributed by atoms with E-state index >= 15 is 0 Å². The van der Waals surface area contributed by atoms with E-state index in [1.165, 1.54) is 13.2 Å². The zero-order chi connectivity index (χ0) is 19.6. The summed E-state index contributed by atoms with van der Waals surface area (Å²) in [5.41, 5.74) is 5.54. The smallest absolute Gasteiger partial charge is 0.325 e. The molecule has 0 aromatic heterocycles. The number of esters is 1. The Kier molecular flexibility index (Phi) is 6.43. The number of halogens is 1. The molecule has 0 bridgehead atoms. The van der Waals surface area contributed by atoms with Gasteiger partial charge in [0.05, 0.1) is 18.1 Å². The van der Waals surface area contributed by atoms with Crippen molar-refractivity contribution in [3.63, 3.8) is 0 Å². The summed E-state index contributed by atoms with van der Waals surface area (Å²) in [5, 5.41) is 10.8. The molecule has 1 aromatic carbocycles. The number of nitrogens with two attached hydrogens (primary N) is 1. The van der Waals surface area contributed by atoms with Gasteiger partial charge in [-0.2, -0.15) is 4.39 Å². The van der Waals surface area contributed by atoms with Crippen LogP contribution in [0.4, 0.5) is 10.1 Å². The molecular formula is C16H25FN2O5Si. The maximum atomic E-state index is 13.6. The Labute approximate surface area is 147 Å². The Morgan fingerprint density at radius 1 is 1.36 bits per heavy atom.